The molecule has 2 aromatic carbocycles. The molecule has 3 rings (SSSR count). The fourth-order valence-corrected chi connectivity index (χ4v) is 2.89. The van der Waals surface area contributed by atoms with E-state index in [4.69, 9.17) is 16.3 Å². The molecule has 0 aliphatic heterocycles. The number of carbonyl (C=O) groups is 2. The van der Waals surface area contributed by atoms with Gasteiger partial charge in [0, 0.05) is 24.0 Å². The van der Waals surface area contributed by atoms with E-state index in [2.05, 4.69) is 10.4 Å². The molecule has 0 radical (unpaired) electrons. The molecule has 1 amide bonds. The Morgan fingerprint density at radius 2 is 1.79 bits per heavy atom. The van der Waals surface area contributed by atoms with Crippen LogP contribution in [0.3, 0.4) is 0 Å². The van der Waals surface area contributed by atoms with Crippen LogP contribution < -0.4 is 10.9 Å². The molecule has 0 aliphatic carbocycles. The van der Waals surface area contributed by atoms with Crippen molar-refractivity contribution < 1.29 is 14.3 Å². The molecule has 7 nitrogen and oxygen atoms in total. The highest BCUT2D eigenvalue weighted by molar-refractivity contribution is 6.31. The molecular formula is C20H18ClN3O4. The van der Waals surface area contributed by atoms with E-state index < -0.39 is 18.0 Å². The molecular weight excluding hydrogens is 382 g/mol. The van der Waals surface area contributed by atoms with Crippen LogP contribution in [0.1, 0.15) is 23.0 Å². The van der Waals surface area contributed by atoms with Gasteiger partial charge in [0.1, 0.15) is 0 Å². The summed E-state index contributed by atoms with van der Waals surface area (Å²) in [4.78, 5) is 37.0. The number of hydrogen-bond acceptors (Lipinski definition) is 5. The summed E-state index contributed by atoms with van der Waals surface area (Å²) in [6.45, 7) is 1.67. The monoisotopic (exact) mass is 399 g/mol. The largest absolute Gasteiger partial charge is 0.448 e. The molecule has 0 bridgehead atoms. The van der Waals surface area contributed by atoms with Crippen LogP contribution >= 0.6 is 11.6 Å². The second kappa shape index (κ2) is 8.22. The van der Waals surface area contributed by atoms with Crippen LogP contribution in [0.2, 0.25) is 5.02 Å². The minimum Gasteiger partial charge on any atom is -0.448 e. The standard InChI is InChI=1S/C20H18ClN3O4/c1-12(18(25)22-11-13-7-3-6-10-16(13)21)28-20(27)17-14-8-4-5-9-15(14)19(26)24(2)23-17/h3-10,12H,11H2,1-2H3,(H,22,25). The second-order valence-electron chi connectivity index (χ2n) is 6.18. The molecule has 0 spiro atoms. The minimum absolute atomic E-state index is 0.0246. The van der Waals surface area contributed by atoms with Crippen molar-refractivity contribution in [1.29, 1.82) is 0 Å². The lowest BCUT2D eigenvalue weighted by Crippen LogP contribution is -2.36. The molecule has 1 unspecified atom stereocenters. The Hall–Kier alpha value is -3.19. The Morgan fingerprint density at radius 3 is 2.50 bits per heavy atom. The van der Waals surface area contributed by atoms with Gasteiger partial charge in [-0.15, -0.1) is 0 Å². The van der Waals surface area contributed by atoms with Crippen LogP contribution in [0.15, 0.2) is 53.3 Å². The van der Waals surface area contributed by atoms with E-state index in [0.717, 1.165) is 10.2 Å². The summed E-state index contributed by atoms with van der Waals surface area (Å²) >= 11 is 6.06. The quantitative estimate of drug-likeness (QED) is 0.665. The number of aryl methyl sites for hydroxylation is 1. The molecule has 1 N–H and O–H groups in total. The number of carbonyl (C=O) groups excluding carboxylic acids is 2. The van der Waals surface area contributed by atoms with E-state index >= 15 is 0 Å². The molecule has 3 aromatic rings. The van der Waals surface area contributed by atoms with E-state index in [1.807, 2.05) is 6.07 Å². The smallest absolute Gasteiger partial charge is 0.360 e. The summed E-state index contributed by atoms with van der Waals surface area (Å²) in [5.74, 6) is -1.26. The van der Waals surface area contributed by atoms with Crippen molar-refractivity contribution in [1.82, 2.24) is 15.1 Å². The topological polar surface area (TPSA) is 90.3 Å². The van der Waals surface area contributed by atoms with Crippen molar-refractivity contribution in [2.75, 3.05) is 0 Å². The third-order valence-electron chi connectivity index (χ3n) is 4.21. The second-order valence-corrected chi connectivity index (χ2v) is 6.59. The maximum absolute atomic E-state index is 12.6. The van der Waals surface area contributed by atoms with Crippen LogP contribution in [0.25, 0.3) is 10.8 Å². The van der Waals surface area contributed by atoms with Crippen LogP contribution in [0, 0.1) is 0 Å². The maximum atomic E-state index is 12.6. The number of benzene rings is 2. The van der Waals surface area contributed by atoms with Crippen molar-refractivity contribution in [3.8, 4) is 0 Å². The summed E-state index contributed by atoms with van der Waals surface area (Å²) in [7, 11) is 1.45. The zero-order chi connectivity index (χ0) is 20.3. The number of ether oxygens (including phenoxy) is 1. The van der Waals surface area contributed by atoms with Gasteiger partial charge >= 0.3 is 5.97 Å². The Bertz CT molecular complexity index is 1110. The Balaban J connectivity index is 1.73. The zero-order valence-corrected chi connectivity index (χ0v) is 16.1. The van der Waals surface area contributed by atoms with Crippen molar-refractivity contribution in [3.05, 3.63) is 75.2 Å². The van der Waals surface area contributed by atoms with Crippen molar-refractivity contribution in [2.24, 2.45) is 7.05 Å². The van der Waals surface area contributed by atoms with E-state index in [-0.39, 0.29) is 17.8 Å². The van der Waals surface area contributed by atoms with Gasteiger partial charge < -0.3 is 10.1 Å². The fourth-order valence-electron chi connectivity index (χ4n) is 2.69. The van der Waals surface area contributed by atoms with Gasteiger partial charge in [0.25, 0.3) is 11.5 Å². The number of nitrogens with zero attached hydrogens (tertiary/aromatic N) is 2. The summed E-state index contributed by atoms with van der Waals surface area (Å²) in [6, 6.07) is 13.7. The molecule has 0 fully saturated rings. The lowest BCUT2D eigenvalue weighted by molar-refractivity contribution is -0.129. The molecule has 0 saturated carbocycles. The van der Waals surface area contributed by atoms with Crippen LogP contribution in [-0.4, -0.2) is 27.8 Å². The normalized spacial score (nSPS) is 11.8. The molecule has 1 atom stereocenters. The molecule has 0 aliphatic rings. The third kappa shape index (κ3) is 4.04. The van der Waals surface area contributed by atoms with Gasteiger partial charge in [-0.05, 0) is 24.6 Å². The van der Waals surface area contributed by atoms with Crippen molar-refractivity contribution in [3.63, 3.8) is 0 Å². The predicted molar refractivity (Wildman–Crippen MR) is 105 cm³/mol. The first-order valence-corrected chi connectivity index (χ1v) is 8.94. The van der Waals surface area contributed by atoms with Gasteiger partial charge in [-0.3, -0.25) is 9.59 Å². The summed E-state index contributed by atoms with van der Waals surface area (Å²) in [5, 5.41) is 7.94. The Labute approximate surface area is 165 Å². The average molecular weight is 400 g/mol. The first kappa shape index (κ1) is 19.6. The lowest BCUT2D eigenvalue weighted by Gasteiger charge is -2.14. The molecule has 0 saturated heterocycles. The number of aromatic nitrogens is 2. The number of halogens is 1. The molecule has 8 heteroatoms. The van der Waals surface area contributed by atoms with Gasteiger partial charge in [0.15, 0.2) is 11.8 Å². The number of esters is 1. The molecule has 1 aromatic heterocycles. The van der Waals surface area contributed by atoms with Gasteiger partial charge in [-0.2, -0.15) is 5.10 Å². The summed E-state index contributed by atoms with van der Waals surface area (Å²) < 4.78 is 6.33. The Morgan fingerprint density at radius 1 is 1.14 bits per heavy atom. The molecule has 28 heavy (non-hydrogen) atoms. The highest BCUT2D eigenvalue weighted by Crippen LogP contribution is 2.16. The van der Waals surface area contributed by atoms with Crippen LogP contribution in [-0.2, 0) is 23.1 Å². The highest BCUT2D eigenvalue weighted by Gasteiger charge is 2.22. The van der Waals surface area contributed by atoms with Gasteiger partial charge in [0.2, 0.25) is 0 Å². The van der Waals surface area contributed by atoms with E-state index in [9.17, 15) is 14.4 Å². The average Bonchev–Trinajstić information content (AvgIpc) is 2.69. The van der Waals surface area contributed by atoms with Gasteiger partial charge in [-0.1, -0.05) is 48.0 Å². The number of rotatable bonds is 5. The summed E-state index contributed by atoms with van der Waals surface area (Å²) in [5.41, 5.74) is 0.405. The lowest BCUT2D eigenvalue weighted by atomic mass is 10.1. The number of nitrogens with one attached hydrogen (secondary N) is 1. The fraction of sp³-hybridized carbons (Fsp3) is 0.200. The van der Waals surface area contributed by atoms with Gasteiger partial charge in [-0.25, -0.2) is 9.48 Å². The zero-order valence-electron chi connectivity index (χ0n) is 15.3. The van der Waals surface area contributed by atoms with Gasteiger partial charge in [0.05, 0.1) is 5.39 Å². The first-order chi connectivity index (χ1) is 13.4. The summed E-state index contributed by atoms with van der Waals surface area (Å²) in [6.07, 6.45) is -1.05. The Kier molecular flexibility index (Phi) is 5.75. The number of fused-ring (bicyclic) bond motifs is 1. The third-order valence-corrected chi connectivity index (χ3v) is 4.58. The molecule has 1 heterocycles. The maximum Gasteiger partial charge on any atom is 0.360 e. The van der Waals surface area contributed by atoms with E-state index in [1.165, 1.54) is 14.0 Å². The SMILES string of the molecule is CC(OC(=O)c1nn(C)c(=O)c2ccccc12)C(=O)NCc1ccccc1Cl. The van der Waals surface area contributed by atoms with Crippen LogP contribution in [0.4, 0.5) is 0 Å². The molecule has 144 valence electrons. The van der Waals surface area contributed by atoms with Crippen molar-refractivity contribution in [2.45, 2.75) is 19.6 Å². The minimum atomic E-state index is -1.05. The highest BCUT2D eigenvalue weighted by atomic mass is 35.5. The van der Waals surface area contributed by atoms with Crippen LogP contribution in [0.5, 0.6) is 0 Å². The predicted octanol–water partition coefficient (Wildman–Crippen LogP) is 2.45. The van der Waals surface area contributed by atoms with Crippen molar-refractivity contribution >= 4 is 34.2 Å². The number of hydrogen-bond donors (Lipinski definition) is 1. The first-order valence-electron chi connectivity index (χ1n) is 8.56. The van der Waals surface area contributed by atoms with E-state index in [0.29, 0.717) is 15.8 Å². The number of amides is 1. The van der Waals surface area contributed by atoms with E-state index in [1.54, 1.807) is 42.5 Å².